The van der Waals surface area contributed by atoms with E-state index in [2.05, 4.69) is 58.5 Å². The Morgan fingerprint density at radius 2 is 1.82 bits per heavy atom. The van der Waals surface area contributed by atoms with Crippen LogP contribution in [0.2, 0.25) is 5.15 Å². The van der Waals surface area contributed by atoms with Gasteiger partial charge >= 0.3 is 0 Å². The summed E-state index contributed by atoms with van der Waals surface area (Å²) in [6, 6.07) is 0. The average Bonchev–Trinajstić information content (AvgIpc) is 2.26. The van der Waals surface area contributed by atoms with Crippen LogP contribution in [0.5, 0.6) is 0 Å². The summed E-state index contributed by atoms with van der Waals surface area (Å²) in [4.78, 5) is 11.0. The molecule has 0 radical (unpaired) electrons. The maximum absolute atomic E-state index is 6.14. The largest absolute Gasteiger partial charge is 0.341 e. The summed E-state index contributed by atoms with van der Waals surface area (Å²) < 4.78 is 0.823. The first-order chi connectivity index (χ1) is 7.99. The molecular weight excluding hydrogens is 302 g/mol. The molecule has 0 unspecified atom stereocenters. The Morgan fingerprint density at radius 3 is 2.29 bits per heavy atom. The predicted octanol–water partition coefficient (Wildman–Crippen LogP) is 3.94. The van der Waals surface area contributed by atoms with E-state index in [9.17, 15) is 0 Å². The topological polar surface area (TPSA) is 29.0 Å². The summed E-state index contributed by atoms with van der Waals surface area (Å²) in [6.45, 7) is 10.3. The number of anilines is 1. The van der Waals surface area contributed by atoms with Crippen LogP contribution in [0.15, 0.2) is 4.47 Å². The van der Waals surface area contributed by atoms with Gasteiger partial charge in [-0.05, 0) is 42.1 Å². The Morgan fingerprint density at radius 1 is 1.24 bits per heavy atom. The number of hydrogen-bond acceptors (Lipinski definition) is 3. The van der Waals surface area contributed by atoms with Gasteiger partial charge in [0, 0.05) is 13.1 Å². The van der Waals surface area contributed by atoms with Crippen molar-refractivity contribution >= 4 is 33.5 Å². The maximum Gasteiger partial charge on any atom is 0.227 e. The molecule has 0 fully saturated rings. The van der Waals surface area contributed by atoms with Crippen molar-refractivity contribution in [3.05, 3.63) is 15.3 Å². The van der Waals surface area contributed by atoms with Gasteiger partial charge in [-0.2, -0.15) is 4.98 Å². The van der Waals surface area contributed by atoms with Crippen LogP contribution < -0.4 is 4.90 Å². The molecule has 1 aromatic heterocycles. The molecule has 1 heterocycles. The van der Waals surface area contributed by atoms with Crippen molar-refractivity contribution in [2.75, 3.05) is 18.0 Å². The fourth-order valence-corrected chi connectivity index (χ4v) is 2.14. The van der Waals surface area contributed by atoms with E-state index in [1.807, 2.05) is 0 Å². The molecule has 3 nitrogen and oxygen atoms in total. The third-order valence-electron chi connectivity index (χ3n) is 2.52. The van der Waals surface area contributed by atoms with Crippen LogP contribution >= 0.6 is 27.5 Å². The lowest BCUT2D eigenvalue weighted by Gasteiger charge is -2.20. The standard InChI is InChI=1S/C12H19BrClN3/c1-5-17(6-2)12-15-9(7-8(3)4)10(13)11(14)16-12/h8H,5-7H2,1-4H3. The van der Waals surface area contributed by atoms with Crippen molar-refractivity contribution in [1.29, 1.82) is 0 Å². The summed E-state index contributed by atoms with van der Waals surface area (Å²) in [6.07, 6.45) is 0.900. The van der Waals surface area contributed by atoms with E-state index in [-0.39, 0.29) is 0 Å². The van der Waals surface area contributed by atoms with Crippen LogP contribution in [-0.2, 0) is 6.42 Å². The fraction of sp³-hybridized carbons (Fsp3) is 0.667. The molecule has 0 saturated heterocycles. The van der Waals surface area contributed by atoms with Gasteiger partial charge in [-0.25, -0.2) is 4.98 Å². The number of nitrogens with zero attached hydrogens (tertiary/aromatic N) is 3. The second-order valence-electron chi connectivity index (χ2n) is 4.35. The van der Waals surface area contributed by atoms with Gasteiger partial charge in [0.1, 0.15) is 5.15 Å². The quantitative estimate of drug-likeness (QED) is 0.770. The average molecular weight is 321 g/mol. The summed E-state index contributed by atoms with van der Waals surface area (Å²) in [5.41, 5.74) is 0.988. The Labute approximate surface area is 117 Å². The molecule has 0 N–H and O–H groups in total. The molecular formula is C12H19BrClN3. The van der Waals surface area contributed by atoms with E-state index in [1.165, 1.54) is 0 Å². The van der Waals surface area contributed by atoms with Gasteiger partial charge in [0.05, 0.1) is 10.2 Å². The molecule has 17 heavy (non-hydrogen) atoms. The zero-order valence-corrected chi connectivity index (χ0v) is 13.1. The van der Waals surface area contributed by atoms with Gasteiger partial charge in [0.2, 0.25) is 5.95 Å². The minimum Gasteiger partial charge on any atom is -0.341 e. The van der Waals surface area contributed by atoms with Gasteiger partial charge in [-0.15, -0.1) is 0 Å². The summed E-state index contributed by atoms with van der Waals surface area (Å²) >= 11 is 9.60. The lowest BCUT2D eigenvalue weighted by molar-refractivity contribution is 0.630. The molecule has 0 aliphatic heterocycles. The summed E-state index contributed by atoms with van der Waals surface area (Å²) in [5, 5.41) is 0.498. The smallest absolute Gasteiger partial charge is 0.227 e. The van der Waals surface area contributed by atoms with Crippen LogP contribution in [0, 0.1) is 5.92 Å². The first-order valence-electron chi connectivity index (χ1n) is 5.96. The van der Waals surface area contributed by atoms with Crippen molar-refractivity contribution in [2.45, 2.75) is 34.1 Å². The Bertz CT molecular complexity index is 378. The number of aromatic nitrogens is 2. The monoisotopic (exact) mass is 319 g/mol. The second kappa shape index (κ2) is 6.55. The van der Waals surface area contributed by atoms with Gasteiger partial charge in [-0.1, -0.05) is 25.4 Å². The highest BCUT2D eigenvalue weighted by molar-refractivity contribution is 9.10. The zero-order valence-electron chi connectivity index (χ0n) is 10.8. The van der Waals surface area contributed by atoms with E-state index in [0.717, 1.165) is 35.6 Å². The SMILES string of the molecule is CCN(CC)c1nc(Cl)c(Br)c(CC(C)C)n1. The normalized spacial score (nSPS) is 11.0. The zero-order chi connectivity index (χ0) is 13.0. The third-order valence-corrected chi connectivity index (χ3v) is 3.85. The molecule has 96 valence electrons. The van der Waals surface area contributed by atoms with E-state index in [1.54, 1.807) is 0 Å². The highest BCUT2D eigenvalue weighted by atomic mass is 79.9. The van der Waals surface area contributed by atoms with Crippen molar-refractivity contribution in [2.24, 2.45) is 5.92 Å². The molecule has 0 spiro atoms. The van der Waals surface area contributed by atoms with Gasteiger partial charge < -0.3 is 4.90 Å². The van der Waals surface area contributed by atoms with Gasteiger partial charge in [0.15, 0.2) is 0 Å². The number of halogens is 2. The minimum absolute atomic E-state index is 0.498. The number of hydrogen-bond donors (Lipinski definition) is 0. The first-order valence-corrected chi connectivity index (χ1v) is 7.13. The Balaban J connectivity index is 3.13. The van der Waals surface area contributed by atoms with Crippen molar-refractivity contribution in [3.8, 4) is 0 Å². The molecule has 0 aromatic carbocycles. The van der Waals surface area contributed by atoms with Crippen LogP contribution in [0.4, 0.5) is 5.95 Å². The third kappa shape index (κ3) is 3.81. The van der Waals surface area contributed by atoms with Crippen LogP contribution in [0.25, 0.3) is 0 Å². The number of rotatable bonds is 5. The van der Waals surface area contributed by atoms with E-state index >= 15 is 0 Å². The molecule has 0 atom stereocenters. The molecule has 0 aliphatic carbocycles. The molecule has 1 aromatic rings. The molecule has 0 bridgehead atoms. The molecule has 0 amide bonds. The van der Waals surface area contributed by atoms with E-state index < -0.39 is 0 Å². The van der Waals surface area contributed by atoms with Crippen molar-refractivity contribution in [1.82, 2.24) is 9.97 Å². The first kappa shape index (κ1) is 14.7. The Kier molecular flexibility index (Phi) is 5.67. The van der Waals surface area contributed by atoms with Gasteiger partial charge in [0.25, 0.3) is 0 Å². The van der Waals surface area contributed by atoms with Crippen LogP contribution in [0.1, 0.15) is 33.4 Å². The van der Waals surface area contributed by atoms with Crippen molar-refractivity contribution in [3.63, 3.8) is 0 Å². The Hall–Kier alpha value is -0.350. The second-order valence-corrected chi connectivity index (χ2v) is 5.50. The lowest BCUT2D eigenvalue weighted by atomic mass is 10.1. The molecule has 1 rings (SSSR count). The molecule has 5 heteroatoms. The summed E-state index contributed by atoms with van der Waals surface area (Å²) in [5.74, 6) is 1.26. The van der Waals surface area contributed by atoms with Crippen LogP contribution in [-0.4, -0.2) is 23.1 Å². The lowest BCUT2D eigenvalue weighted by Crippen LogP contribution is -2.25. The van der Waals surface area contributed by atoms with E-state index in [0.29, 0.717) is 11.1 Å². The van der Waals surface area contributed by atoms with E-state index in [4.69, 9.17) is 11.6 Å². The van der Waals surface area contributed by atoms with Crippen molar-refractivity contribution < 1.29 is 0 Å². The predicted molar refractivity (Wildman–Crippen MR) is 76.8 cm³/mol. The summed E-state index contributed by atoms with van der Waals surface area (Å²) in [7, 11) is 0. The molecule has 0 saturated carbocycles. The molecule has 0 aliphatic rings. The highest BCUT2D eigenvalue weighted by Crippen LogP contribution is 2.27. The maximum atomic E-state index is 6.14. The minimum atomic E-state index is 0.498. The van der Waals surface area contributed by atoms with Gasteiger partial charge in [-0.3, -0.25) is 0 Å². The highest BCUT2D eigenvalue weighted by Gasteiger charge is 2.14. The fourth-order valence-electron chi connectivity index (χ4n) is 1.62. The van der Waals surface area contributed by atoms with Crippen LogP contribution in [0.3, 0.4) is 0 Å².